The van der Waals surface area contributed by atoms with Crippen molar-refractivity contribution in [3.05, 3.63) is 72.1 Å². The number of carboxylic acid groups (broad SMARTS) is 1. The van der Waals surface area contributed by atoms with Gasteiger partial charge in [0.05, 0.1) is 16.9 Å². The number of carboxylic acids is 1. The number of H-pyrrole nitrogens is 1. The first kappa shape index (κ1) is 24.4. The molecule has 3 amide bonds. The maximum atomic E-state index is 12.0. The SMILES string of the molecule is O=C(O)C(F)(F)F.O=C1NCCc2[nH]c(-c3ccnc(-c4cccc(N5C(=O)C=CC5=O)c4)c3)cc21. The van der Waals surface area contributed by atoms with Crippen molar-refractivity contribution in [3.63, 3.8) is 0 Å². The van der Waals surface area contributed by atoms with Crippen molar-refractivity contribution < 1.29 is 37.5 Å². The van der Waals surface area contributed by atoms with Crippen LogP contribution in [0, 0.1) is 0 Å². The molecule has 0 unspecified atom stereocenters. The summed E-state index contributed by atoms with van der Waals surface area (Å²) in [4.78, 5) is 53.7. The van der Waals surface area contributed by atoms with Gasteiger partial charge in [0.15, 0.2) is 0 Å². The molecule has 0 atom stereocenters. The van der Waals surface area contributed by atoms with E-state index < -0.39 is 12.1 Å². The number of carbonyl (C=O) groups is 4. The molecule has 3 aromatic rings. The van der Waals surface area contributed by atoms with Crippen molar-refractivity contribution in [3.8, 4) is 22.5 Å². The van der Waals surface area contributed by atoms with Gasteiger partial charge in [0, 0.05) is 53.8 Å². The molecule has 0 bridgehead atoms. The second-order valence-corrected chi connectivity index (χ2v) is 7.71. The second kappa shape index (κ2) is 9.49. The van der Waals surface area contributed by atoms with Gasteiger partial charge in [0.25, 0.3) is 17.7 Å². The van der Waals surface area contributed by atoms with Gasteiger partial charge in [0.2, 0.25) is 0 Å². The Balaban J connectivity index is 0.000000384. The minimum Gasteiger partial charge on any atom is -0.475 e. The first-order chi connectivity index (χ1) is 17.0. The van der Waals surface area contributed by atoms with Gasteiger partial charge in [-0.15, -0.1) is 0 Å². The standard InChI is InChI=1S/C22H16N4O3.C2HF3O2/c27-20-4-5-21(28)26(20)15-3-1-2-13(10-15)18-11-14(6-8-23-18)19-12-16-17(25-19)7-9-24-22(16)29;3-2(4,5)1(6)7/h1-6,8,10-12,25H,7,9H2,(H,24,29);(H,6,7). The first-order valence-electron chi connectivity index (χ1n) is 10.5. The summed E-state index contributed by atoms with van der Waals surface area (Å²) in [6.45, 7) is 0.628. The predicted molar refractivity (Wildman–Crippen MR) is 121 cm³/mol. The molecule has 2 aromatic heterocycles. The van der Waals surface area contributed by atoms with E-state index in [4.69, 9.17) is 9.90 Å². The van der Waals surface area contributed by atoms with E-state index in [2.05, 4.69) is 15.3 Å². The number of hydrogen-bond donors (Lipinski definition) is 3. The fraction of sp³-hybridized carbons (Fsp3) is 0.125. The van der Waals surface area contributed by atoms with Gasteiger partial charge in [-0.1, -0.05) is 12.1 Å². The number of pyridine rings is 1. The molecular weight excluding hydrogens is 481 g/mol. The number of halogens is 3. The molecule has 0 aliphatic carbocycles. The van der Waals surface area contributed by atoms with Crippen molar-refractivity contribution in [2.45, 2.75) is 12.6 Å². The average Bonchev–Trinajstić information content (AvgIpc) is 3.43. The number of amides is 3. The third kappa shape index (κ3) is 5.02. The van der Waals surface area contributed by atoms with Crippen molar-refractivity contribution in [2.24, 2.45) is 0 Å². The molecule has 184 valence electrons. The van der Waals surface area contributed by atoms with Gasteiger partial charge in [0.1, 0.15) is 0 Å². The van der Waals surface area contributed by atoms with Gasteiger partial charge in [-0.25, -0.2) is 9.69 Å². The average molecular weight is 498 g/mol. The van der Waals surface area contributed by atoms with E-state index in [1.165, 1.54) is 12.2 Å². The van der Waals surface area contributed by atoms with Crippen LogP contribution in [0.3, 0.4) is 0 Å². The van der Waals surface area contributed by atoms with Gasteiger partial charge in [-0.3, -0.25) is 19.4 Å². The van der Waals surface area contributed by atoms with E-state index in [0.29, 0.717) is 23.5 Å². The minimum atomic E-state index is -5.08. The van der Waals surface area contributed by atoms with Crippen LogP contribution in [-0.2, 0) is 20.8 Å². The number of aromatic amines is 1. The maximum absolute atomic E-state index is 12.0. The zero-order valence-corrected chi connectivity index (χ0v) is 18.3. The number of fused-ring (bicyclic) bond motifs is 1. The zero-order valence-electron chi connectivity index (χ0n) is 18.3. The summed E-state index contributed by atoms with van der Waals surface area (Å²) in [5.41, 5.74) is 5.34. The van der Waals surface area contributed by atoms with Crippen LogP contribution in [0.15, 0.2) is 60.8 Å². The Morgan fingerprint density at radius 3 is 2.33 bits per heavy atom. The van der Waals surface area contributed by atoms with Crippen molar-refractivity contribution in [2.75, 3.05) is 11.4 Å². The number of alkyl halides is 3. The predicted octanol–water partition coefficient (Wildman–Crippen LogP) is 3.09. The molecule has 12 heteroatoms. The van der Waals surface area contributed by atoms with Crippen molar-refractivity contribution in [1.29, 1.82) is 0 Å². The Morgan fingerprint density at radius 1 is 1.00 bits per heavy atom. The molecule has 0 spiro atoms. The van der Waals surface area contributed by atoms with E-state index in [-0.39, 0.29) is 17.7 Å². The smallest absolute Gasteiger partial charge is 0.475 e. The molecule has 4 heterocycles. The normalized spacial score (nSPS) is 14.8. The summed E-state index contributed by atoms with van der Waals surface area (Å²) in [7, 11) is 0. The molecule has 0 saturated heterocycles. The quantitative estimate of drug-likeness (QED) is 0.476. The van der Waals surface area contributed by atoms with E-state index in [1.54, 1.807) is 24.4 Å². The van der Waals surface area contributed by atoms with Crippen LogP contribution in [0.2, 0.25) is 0 Å². The monoisotopic (exact) mass is 498 g/mol. The van der Waals surface area contributed by atoms with Crippen LogP contribution >= 0.6 is 0 Å². The number of nitrogens with one attached hydrogen (secondary N) is 2. The molecule has 1 aromatic carbocycles. The topological polar surface area (TPSA) is 132 Å². The Kier molecular flexibility index (Phi) is 6.43. The van der Waals surface area contributed by atoms with Crippen molar-refractivity contribution in [1.82, 2.24) is 15.3 Å². The fourth-order valence-electron chi connectivity index (χ4n) is 3.66. The Labute approximate surface area is 201 Å². The highest BCUT2D eigenvalue weighted by molar-refractivity contribution is 6.28. The molecule has 9 nitrogen and oxygen atoms in total. The number of nitrogens with zero attached hydrogens (tertiary/aromatic N) is 2. The lowest BCUT2D eigenvalue weighted by Gasteiger charge is -2.15. The van der Waals surface area contributed by atoms with Gasteiger partial charge < -0.3 is 15.4 Å². The summed E-state index contributed by atoms with van der Waals surface area (Å²) in [6.07, 6.45) is -0.0912. The van der Waals surface area contributed by atoms with Crippen LogP contribution in [0.25, 0.3) is 22.5 Å². The lowest BCUT2D eigenvalue weighted by molar-refractivity contribution is -0.192. The summed E-state index contributed by atoms with van der Waals surface area (Å²) in [5, 5.41) is 9.97. The molecule has 3 N–H and O–H groups in total. The van der Waals surface area contributed by atoms with E-state index in [0.717, 1.165) is 33.8 Å². The highest BCUT2D eigenvalue weighted by Crippen LogP contribution is 2.29. The molecule has 5 rings (SSSR count). The lowest BCUT2D eigenvalue weighted by atomic mass is 10.1. The third-order valence-corrected chi connectivity index (χ3v) is 5.33. The Morgan fingerprint density at radius 2 is 1.69 bits per heavy atom. The fourth-order valence-corrected chi connectivity index (χ4v) is 3.66. The number of benzene rings is 1. The number of aromatic nitrogens is 2. The molecular formula is C24H17F3N4O5. The molecule has 2 aliphatic rings. The van der Waals surface area contributed by atoms with E-state index in [9.17, 15) is 27.6 Å². The van der Waals surface area contributed by atoms with E-state index in [1.807, 2.05) is 24.3 Å². The number of imide groups is 1. The van der Waals surface area contributed by atoms with Gasteiger partial charge >= 0.3 is 12.1 Å². The van der Waals surface area contributed by atoms with Gasteiger partial charge in [-0.05, 0) is 30.3 Å². The number of hydrogen-bond acceptors (Lipinski definition) is 5. The largest absolute Gasteiger partial charge is 0.490 e. The van der Waals surface area contributed by atoms with E-state index >= 15 is 0 Å². The van der Waals surface area contributed by atoms with Gasteiger partial charge in [-0.2, -0.15) is 13.2 Å². The van der Waals surface area contributed by atoms with Crippen LogP contribution < -0.4 is 10.2 Å². The molecule has 0 radical (unpaired) electrons. The van der Waals surface area contributed by atoms with Crippen LogP contribution in [0.5, 0.6) is 0 Å². The minimum absolute atomic E-state index is 0.0655. The maximum Gasteiger partial charge on any atom is 0.490 e. The summed E-state index contributed by atoms with van der Waals surface area (Å²) in [6, 6.07) is 12.8. The summed E-state index contributed by atoms with van der Waals surface area (Å²) >= 11 is 0. The highest BCUT2D eigenvalue weighted by atomic mass is 19.4. The molecule has 0 saturated carbocycles. The number of rotatable bonds is 3. The van der Waals surface area contributed by atoms with Crippen LogP contribution in [0.1, 0.15) is 16.1 Å². The third-order valence-electron chi connectivity index (χ3n) is 5.33. The highest BCUT2D eigenvalue weighted by Gasteiger charge is 2.38. The molecule has 36 heavy (non-hydrogen) atoms. The second-order valence-electron chi connectivity index (χ2n) is 7.71. The Bertz CT molecular complexity index is 1390. The van der Waals surface area contributed by atoms with Crippen LogP contribution in [-0.4, -0.2) is 51.5 Å². The molecule has 2 aliphatic heterocycles. The Hall–Kier alpha value is -4.74. The molecule has 0 fully saturated rings. The summed E-state index contributed by atoms with van der Waals surface area (Å²) < 4.78 is 31.7. The van der Waals surface area contributed by atoms with Crippen molar-refractivity contribution >= 4 is 29.4 Å². The number of aliphatic carboxylic acids is 1. The number of anilines is 1. The van der Waals surface area contributed by atoms with Crippen LogP contribution in [0.4, 0.5) is 18.9 Å². The first-order valence-corrected chi connectivity index (χ1v) is 10.5. The zero-order chi connectivity index (χ0) is 26.0. The summed E-state index contributed by atoms with van der Waals surface area (Å²) in [5.74, 6) is -3.54. The lowest BCUT2D eigenvalue weighted by Crippen LogP contribution is -2.31. The number of carbonyl (C=O) groups excluding carboxylic acids is 3.